The van der Waals surface area contributed by atoms with Crippen molar-refractivity contribution in [1.29, 1.82) is 0 Å². The lowest BCUT2D eigenvalue weighted by Gasteiger charge is -2.20. The Morgan fingerprint density at radius 1 is 1.11 bits per heavy atom. The summed E-state index contributed by atoms with van der Waals surface area (Å²) in [4.78, 5) is 4.81. The fraction of sp³-hybridized carbons (Fsp3) is 0.192. The quantitative estimate of drug-likeness (QED) is 0.403. The molecule has 0 saturated heterocycles. The molecule has 0 aliphatic carbocycles. The van der Waals surface area contributed by atoms with E-state index in [1.165, 1.54) is 11.1 Å². The zero-order chi connectivity index (χ0) is 20.4. The largest absolute Gasteiger partial charge is 0.252 e. The summed E-state index contributed by atoms with van der Waals surface area (Å²) >= 11 is 6.90. The van der Waals surface area contributed by atoms with E-state index < -0.39 is 0 Å². The Kier molecular flexibility index (Phi) is 5.86. The lowest BCUT2D eigenvalue weighted by atomic mass is 9.85. The zero-order valence-corrected chi connectivity index (χ0v) is 17.8. The fourth-order valence-electron chi connectivity index (χ4n) is 3.89. The molecule has 0 amide bonds. The minimum atomic E-state index is 0.192. The van der Waals surface area contributed by atoms with Crippen LogP contribution in [0, 0.1) is 6.92 Å². The van der Waals surface area contributed by atoms with Gasteiger partial charge in [-0.1, -0.05) is 79.7 Å². The Balaban J connectivity index is 2.21. The van der Waals surface area contributed by atoms with E-state index in [4.69, 9.17) is 16.6 Å². The first kappa shape index (κ1) is 20.1. The molecule has 0 aliphatic heterocycles. The Morgan fingerprint density at radius 2 is 1.79 bits per heavy atom. The van der Waals surface area contributed by atoms with E-state index in [2.05, 4.69) is 57.3 Å². The van der Waals surface area contributed by atoms with Crippen molar-refractivity contribution in [3.63, 3.8) is 0 Å². The van der Waals surface area contributed by atoms with Gasteiger partial charge in [-0.15, -0.1) is 0 Å². The first-order valence-electron chi connectivity index (χ1n) is 9.49. The number of rotatable bonds is 5. The molecule has 0 radical (unpaired) electrons. The van der Waals surface area contributed by atoms with E-state index in [0.29, 0.717) is 0 Å². The third-order valence-corrected chi connectivity index (χ3v) is 5.71. The van der Waals surface area contributed by atoms with E-state index >= 15 is 0 Å². The number of aryl methyl sites for hydroxylation is 1. The number of halogens is 1. The first-order chi connectivity index (χ1) is 13.3. The van der Waals surface area contributed by atoms with Crippen molar-refractivity contribution in [2.24, 2.45) is 0 Å². The molecule has 0 N–H and O–H groups in total. The maximum atomic E-state index is 6.90. The van der Waals surface area contributed by atoms with E-state index in [-0.39, 0.29) is 5.92 Å². The van der Waals surface area contributed by atoms with Crippen LogP contribution in [-0.4, -0.2) is 4.98 Å². The topological polar surface area (TPSA) is 12.9 Å². The molecular weight excluding hydrogens is 362 g/mol. The van der Waals surface area contributed by atoms with Crippen molar-refractivity contribution in [3.8, 4) is 11.1 Å². The lowest BCUT2D eigenvalue weighted by molar-refractivity contribution is 0.893. The van der Waals surface area contributed by atoms with Crippen LogP contribution < -0.4 is 0 Å². The van der Waals surface area contributed by atoms with Gasteiger partial charge in [-0.25, -0.2) is 0 Å². The highest BCUT2D eigenvalue weighted by Gasteiger charge is 2.18. The average molecular weight is 388 g/mol. The van der Waals surface area contributed by atoms with Crippen molar-refractivity contribution in [2.45, 2.75) is 33.6 Å². The molecule has 0 aliphatic rings. The summed E-state index contributed by atoms with van der Waals surface area (Å²) in [6.45, 7) is 16.4. The molecule has 1 nitrogen and oxygen atoms in total. The summed E-state index contributed by atoms with van der Waals surface area (Å²) in [5, 5.41) is 1.73. The second-order valence-corrected chi connectivity index (χ2v) is 7.71. The minimum Gasteiger partial charge on any atom is -0.252 e. The number of pyridine rings is 1. The zero-order valence-electron chi connectivity index (χ0n) is 17.0. The molecule has 1 heterocycles. The molecule has 1 unspecified atom stereocenters. The SMILES string of the molecule is C=C/C(C)=C(\C(=C)C)C(C)c1ccc2nc(C)c(-c3ccccc3)c(Cl)c2c1. The summed E-state index contributed by atoms with van der Waals surface area (Å²) in [6, 6.07) is 16.6. The van der Waals surface area contributed by atoms with Gasteiger partial charge in [-0.3, -0.25) is 4.98 Å². The van der Waals surface area contributed by atoms with E-state index in [1.807, 2.05) is 38.1 Å². The third-order valence-electron chi connectivity index (χ3n) is 5.31. The molecule has 3 aromatic rings. The van der Waals surface area contributed by atoms with Crippen LogP contribution in [0.2, 0.25) is 5.02 Å². The van der Waals surface area contributed by atoms with E-state index in [0.717, 1.165) is 43.9 Å². The summed E-state index contributed by atoms with van der Waals surface area (Å²) in [5.41, 5.74) is 8.56. The number of benzene rings is 2. The summed E-state index contributed by atoms with van der Waals surface area (Å²) in [6.07, 6.45) is 1.90. The Hall–Kier alpha value is -2.64. The molecule has 2 heteroatoms. The molecule has 2 aromatic carbocycles. The van der Waals surface area contributed by atoms with Gasteiger partial charge < -0.3 is 0 Å². The lowest BCUT2D eigenvalue weighted by Crippen LogP contribution is -2.02. The number of aromatic nitrogens is 1. The monoisotopic (exact) mass is 387 g/mol. The second kappa shape index (κ2) is 8.16. The van der Waals surface area contributed by atoms with Crippen LogP contribution in [-0.2, 0) is 0 Å². The highest BCUT2D eigenvalue weighted by molar-refractivity contribution is 6.38. The van der Waals surface area contributed by atoms with Crippen LogP contribution in [0.5, 0.6) is 0 Å². The van der Waals surface area contributed by atoms with Crippen molar-refractivity contribution in [3.05, 3.63) is 101 Å². The molecule has 142 valence electrons. The van der Waals surface area contributed by atoms with Crippen molar-refractivity contribution in [1.82, 2.24) is 4.98 Å². The van der Waals surface area contributed by atoms with Crippen molar-refractivity contribution < 1.29 is 0 Å². The highest BCUT2D eigenvalue weighted by atomic mass is 35.5. The smallest absolute Gasteiger partial charge is 0.0720 e. The summed E-state index contributed by atoms with van der Waals surface area (Å²) < 4.78 is 0. The maximum Gasteiger partial charge on any atom is 0.0720 e. The minimum absolute atomic E-state index is 0.192. The number of fused-ring (bicyclic) bond motifs is 1. The van der Waals surface area contributed by atoms with Gasteiger partial charge in [-0.2, -0.15) is 0 Å². The standard InChI is InChI=1S/C26H26ClN/c1-7-17(4)24(16(2)3)18(5)21-13-14-23-22(15-21)26(27)25(19(6)28-23)20-11-9-8-10-12-20/h7-15,18H,1-2H2,3-6H3/b24-17+. The Morgan fingerprint density at radius 3 is 2.39 bits per heavy atom. The van der Waals surface area contributed by atoms with Crippen molar-refractivity contribution in [2.75, 3.05) is 0 Å². The van der Waals surface area contributed by atoms with Gasteiger partial charge in [0.1, 0.15) is 0 Å². The molecule has 1 aromatic heterocycles. The molecule has 0 bridgehead atoms. The molecule has 3 rings (SSSR count). The Labute approximate surface area is 173 Å². The molecular formula is C26H26ClN. The number of nitrogens with zero attached hydrogens (tertiary/aromatic N) is 1. The van der Waals surface area contributed by atoms with E-state index in [9.17, 15) is 0 Å². The van der Waals surface area contributed by atoms with Crippen LogP contribution in [0.1, 0.15) is 37.9 Å². The number of hydrogen-bond donors (Lipinski definition) is 0. The highest BCUT2D eigenvalue weighted by Crippen LogP contribution is 2.38. The van der Waals surface area contributed by atoms with E-state index in [1.54, 1.807) is 0 Å². The maximum absolute atomic E-state index is 6.90. The average Bonchev–Trinajstić information content (AvgIpc) is 2.68. The third kappa shape index (κ3) is 3.68. The molecule has 1 atom stereocenters. The summed E-state index contributed by atoms with van der Waals surface area (Å²) in [7, 11) is 0. The van der Waals surface area contributed by atoms with Gasteiger partial charge in [-0.05, 0) is 55.2 Å². The van der Waals surface area contributed by atoms with Crippen molar-refractivity contribution >= 4 is 22.5 Å². The molecule has 28 heavy (non-hydrogen) atoms. The van der Waals surface area contributed by atoms with Gasteiger partial charge in [0, 0.05) is 22.6 Å². The number of allylic oxidation sites excluding steroid dienone is 4. The van der Waals surface area contributed by atoms with Gasteiger partial charge in [0.2, 0.25) is 0 Å². The van der Waals surface area contributed by atoms with Crippen LogP contribution >= 0.6 is 11.6 Å². The van der Waals surface area contributed by atoms with Gasteiger partial charge in [0.05, 0.1) is 10.5 Å². The predicted octanol–water partition coefficient (Wildman–Crippen LogP) is 8.05. The predicted molar refractivity (Wildman–Crippen MR) is 123 cm³/mol. The Bertz CT molecular complexity index is 1090. The molecule has 0 spiro atoms. The van der Waals surface area contributed by atoms with Gasteiger partial charge in [0.25, 0.3) is 0 Å². The summed E-state index contributed by atoms with van der Waals surface area (Å²) in [5.74, 6) is 0.192. The molecule has 0 fully saturated rings. The van der Waals surface area contributed by atoms with Crippen LogP contribution in [0.4, 0.5) is 0 Å². The van der Waals surface area contributed by atoms with Crippen LogP contribution in [0.25, 0.3) is 22.0 Å². The first-order valence-corrected chi connectivity index (χ1v) is 9.87. The van der Waals surface area contributed by atoms with Gasteiger partial charge >= 0.3 is 0 Å². The number of hydrogen-bond acceptors (Lipinski definition) is 1. The fourth-order valence-corrected chi connectivity index (χ4v) is 4.29. The van der Waals surface area contributed by atoms with Crippen LogP contribution in [0.3, 0.4) is 0 Å². The van der Waals surface area contributed by atoms with Crippen LogP contribution in [0.15, 0.2) is 84.5 Å². The van der Waals surface area contributed by atoms with Gasteiger partial charge in [0.15, 0.2) is 0 Å². The molecule has 0 saturated carbocycles. The normalized spacial score (nSPS) is 13.2. The second-order valence-electron chi connectivity index (χ2n) is 7.33.